The first-order chi connectivity index (χ1) is 12.1. The van der Waals surface area contributed by atoms with Gasteiger partial charge in [0.2, 0.25) is 0 Å². The van der Waals surface area contributed by atoms with E-state index in [0.29, 0.717) is 39.6 Å². The van der Waals surface area contributed by atoms with Gasteiger partial charge in [0.15, 0.2) is 11.6 Å². The van der Waals surface area contributed by atoms with Gasteiger partial charge in [-0.1, -0.05) is 17.7 Å². The second kappa shape index (κ2) is 7.23. The minimum atomic E-state index is 0.356. The average molecular weight is 357 g/mol. The number of nitrogen functional groups attached to an aromatic ring is 1. The summed E-state index contributed by atoms with van der Waals surface area (Å²) in [4.78, 5) is 12.7. The van der Waals surface area contributed by atoms with Crippen LogP contribution in [0.15, 0.2) is 42.9 Å². The smallest absolute Gasteiger partial charge is 0.160 e. The fourth-order valence-electron chi connectivity index (χ4n) is 2.23. The van der Waals surface area contributed by atoms with Crippen LogP contribution < -0.4 is 21.1 Å². The van der Waals surface area contributed by atoms with Gasteiger partial charge in [-0.3, -0.25) is 0 Å². The Morgan fingerprint density at radius 1 is 1.04 bits per heavy atom. The Morgan fingerprint density at radius 2 is 1.80 bits per heavy atom. The van der Waals surface area contributed by atoms with Gasteiger partial charge in [-0.25, -0.2) is 15.0 Å². The maximum absolute atomic E-state index is 6.21. The van der Waals surface area contributed by atoms with E-state index in [1.54, 1.807) is 31.5 Å². The fourth-order valence-corrected chi connectivity index (χ4v) is 2.40. The molecular formula is C17H17ClN6O. The van der Waals surface area contributed by atoms with Gasteiger partial charge < -0.3 is 21.1 Å². The Balaban J connectivity index is 1.92. The lowest BCUT2D eigenvalue weighted by atomic mass is 10.2. The number of nitrogens with one attached hydrogen (secondary N) is 2. The molecule has 0 atom stereocenters. The summed E-state index contributed by atoms with van der Waals surface area (Å²) < 4.78 is 5.32. The minimum Gasteiger partial charge on any atom is -0.495 e. The van der Waals surface area contributed by atoms with Crippen molar-refractivity contribution in [2.75, 3.05) is 23.5 Å². The third-order valence-electron chi connectivity index (χ3n) is 3.54. The zero-order valence-corrected chi connectivity index (χ0v) is 14.5. The Hall–Kier alpha value is -3.06. The van der Waals surface area contributed by atoms with Crippen LogP contribution in [-0.2, 0) is 0 Å². The topological polar surface area (TPSA) is 98.0 Å². The van der Waals surface area contributed by atoms with Gasteiger partial charge in [0.1, 0.15) is 23.6 Å². The van der Waals surface area contributed by atoms with Crippen molar-refractivity contribution in [2.45, 2.75) is 6.92 Å². The number of hydrogen-bond donors (Lipinski definition) is 3. The molecule has 0 bridgehead atoms. The standard InChI is InChI=1S/C17H17ClN6O/c1-10-4-3-7-20-15(10)24-17-14(19)16(21-9-22-17)23-12-8-11(18)5-6-13(12)25-2/h3-9H,19H2,1-2H3,(H2,20,21,22,23,24). The van der Waals surface area contributed by atoms with Crippen LogP contribution in [0.2, 0.25) is 5.02 Å². The van der Waals surface area contributed by atoms with Crippen molar-refractivity contribution in [3.05, 3.63) is 53.4 Å². The summed E-state index contributed by atoms with van der Waals surface area (Å²) in [7, 11) is 1.58. The summed E-state index contributed by atoms with van der Waals surface area (Å²) in [5.41, 5.74) is 8.19. The van der Waals surface area contributed by atoms with Gasteiger partial charge in [0.25, 0.3) is 0 Å². The van der Waals surface area contributed by atoms with Gasteiger partial charge in [0, 0.05) is 11.2 Å². The summed E-state index contributed by atoms with van der Waals surface area (Å²) in [5.74, 6) is 2.20. The number of pyridine rings is 1. The van der Waals surface area contributed by atoms with Crippen LogP contribution in [0.5, 0.6) is 5.75 Å². The van der Waals surface area contributed by atoms with Gasteiger partial charge in [-0.05, 0) is 36.8 Å². The minimum absolute atomic E-state index is 0.356. The molecule has 0 amide bonds. The van der Waals surface area contributed by atoms with Crippen molar-refractivity contribution < 1.29 is 4.74 Å². The highest BCUT2D eigenvalue weighted by atomic mass is 35.5. The number of anilines is 5. The number of benzene rings is 1. The molecule has 0 spiro atoms. The first-order valence-corrected chi connectivity index (χ1v) is 7.86. The van der Waals surface area contributed by atoms with Crippen LogP contribution in [-0.4, -0.2) is 22.1 Å². The van der Waals surface area contributed by atoms with Crippen molar-refractivity contribution in [3.8, 4) is 5.75 Å². The highest BCUT2D eigenvalue weighted by molar-refractivity contribution is 6.31. The third-order valence-corrected chi connectivity index (χ3v) is 3.78. The number of halogens is 1. The molecule has 8 heteroatoms. The Labute approximate surface area is 150 Å². The zero-order chi connectivity index (χ0) is 17.8. The molecule has 7 nitrogen and oxygen atoms in total. The first-order valence-electron chi connectivity index (χ1n) is 7.48. The Morgan fingerprint density at radius 3 is 2.52 bits per heavy atom. The first kappa shape index (κ1) is 16.8. The van der Waals surface area contributed by atoms with Crippen molar-refractivity contribution >= 4 is 40.4 Å². The molecule has 0 saturated heterocycles. The molecule has 0 fully saturated rings. The van der Waals surface area contributed by atoms with Gasteiger partial charge in [-0.2, -0.15) is 0 Å². The number of rotatable bonds is 5. The number of nitrogens with two attached hydrogens (primary N) is 1. The summed E-state index contributed by atoms with van der Waals surface area (Å²) in [6, 6.07) is 9.05. The molecule has 128 valence electrons. The SMILES string of the molecule is COc1ccc(Cl)cc1Nc1ncnc(Nc2ncccc2C)c1N. The van der Waals surface area contributed by atoms with E-state index < -0.39 is 0 Å². The van der Waals surface area contributed by atoms with E-state index in [0.717, 1.165) is 5.56 Å². The highest BCUT2D eigenvalue weighted by Crippen LogP contribution is 2.33. The summed E-state index contributed by atoms with van der Waals surface area (Å²) in [5, 5.41) is 6.82. The van der Waals surface area contributed by atoms with Crippen molar-refractivity contribution in [1.29, 1.82) is 0 Å². The molecule has 4 N–H and O–H groups in total. The van der Waals surface area contributed by atoms with E-state index in [1.807, 2.05) is 19.1 Å². The van der Waals surface area contributed by atoms with Crippen LogP contribution in [0, 0.1) is 6.92 Å². The molecule has 0 aliphatic rings. The predicted octanol–water partition coefficient (Wildman–Crippen LogP) is 3.91. The lowest BCUT2D eigenvalue weighted by Gasteiger charge is -2.15. The van der Waals surface area contributed by atoms with Gasteiger partial charge in [-0.15, -0.1) is 0 Å². The van der Waals surface area contributed by atoms with Gasteiger partial charge >= 0.3 is 0 Å². The predicted molar refractivity (Wildman–Crippen MR) is 100.0 cm³/mol. The molecule has 0 radical (unpaired) electrons. The number of aromatic nitrogens is 3. The average Bonchev–Trinajstić information content (AvgIpc) is 2.60. The largest absolute Gasteiger partial charge is 0.495 e. The molecular weight excluding hydrogens is 340 g/mol. The van der Waals surface area contributed by atoms with E-state index >= 15 is 0 Å². The van der Waals surface area contributed by atoms with Crippen LogP contribution >= 0.6 is 11.6 Å². The van der Waals surface area contributed by atoms with Crippen molar-refractivity contribution in [1.82, 2.24) is 15.0 Å². The fraction of sp³-hybridized carbons (Fsp3) is 0.118. The highest BCUT2D eigenvalue weighted by Gasteiger charge is 2.12. The van der Waals surface area contributed by atoms with Crippen molar-refractivity contribution in [2.24, 2.45) is 0 Å². The van der Waals surface area contributed by atoms with Crippen LogP contribution in [0.3, 0.4) is 0 Å². The quantitative estimate of drug-likeness (QED) is 0.637. The summed E-state index contributed by atoms with van der Waals surface area (Å²) in [6.45, 7) is 1.95. The number of hydrogen-bond acceptors (Lipinski definition) is 7. The summed E-state index contributed by atoms with van der Waals surface area (Å²) in [6.07, 6.45) is 3.11. The number of aryl methyl sites for hydroxylation is 1. The third kappa shape index (κ3) is 3.72. The van der Waals surface area contributed by atoms with Gasteiger partial charge in [0.05, 0.1) is 12.8 Å². The molecule has 0 unspecified atom stereocenters. The van der Waals surface area contributed by atoms with E-state index in [1.165, 1.54) is 6.33 Å². The molecule has 0 saturated carbocycles. The van der Waals surface area contributed by atoms with E-state index in [9.17, 15) is 0 Å². The molecule has 3 aromatic rings. The van der Waals surface area contributed by atoms with Crippen molar-refractivity contribution in [3.63, 3.8) is 0 Å². The second-order valence-corrected chi connectivity index (χ2v) is 5.68. The maximum atomic E-state index is 6.21. The zero-order valence-electron chi connectivity index (χ0n) is 13.7. The molecule has 1 aromatic carbocycles. The summed E-state index contributed by atoms with van der Waals surface area (Å²) >= 11 is 6.06. The lowest BCUT2D eigenvalue weighted by molar-refractivity contribution is 0.417. The number of nitrogens with zero attached hydrogens (tertiary/aromatic N) is 3. The van der Waals surface area contributed by atoms with E-state index in [-0.39, 0.29) is 0 Å². The molecule has 2 aromatic heterocycles. The second-order valence-electron chi connectivity index (χ2n) is 5.25. The van der Waals surface area contributed by atoms with Crippen LogP contribution in [0.1, 0.15) is 5.56 Å². The monoisotopic (exact) mass is 356 g/mol. The molecule has 25 heavy (non-hydrogen) atoms. The lowest BCUT2D eigenvalue weighted by Crippen LogP contribution is -2.07. The molecule has 3 rings (SSSR count). The van der Waals surface area contributed by atoms with Crippen LogP contribution in [0.4, 0.5) is 28.8 Å². The Kier molecular flexibility index (Phi) is 4.85. The van der Waals surface area contributed by atoms with E-state index in [2.05, 4.69) is 25.6 Å². The molecule has 0 aliphatic carbocycles. The molecule has 2 heterocycles. The van der Waals surface area contributed by atoms with Crippen LogP contribution in [0.25, 0.3) is 0 Å². The molecule has 0 aliphatic heterocycles. The normalized spacial score (nSPS) is 10.4. The number of ether oxygens (including phenoxy) is 1. The number of methoxy groups -OCH3 is 1. The Bertz CT molecular complexity index is 902. The maximum Gasteiger partial charge on any atom is 0.160 e. The van der Waals surface area contributed by atoms with E-state index in [4.69, 9.17) is 22.1 Å².